The Kier molecular flexibility index (Phi) is 7.70. The second kappa shape index (κ2) is 10.3. The number of pyridine rings is 1. The van der Waals surface area contributed by atoms with Gasteiger partial charge in [-0.05, 0) is 43.2 Å². The van der Waals surface area contributed by atoms with E-state index in [0.717, 1.165) is 23.4 Å². The fourth-order valence-electron chi connectivity index (χ4n) is 2.34. The first-order chi connectivity index (χ1) is 12.2. The third kappa shape index (κ3) is 6.42. The number of hydrogen-bond donors (Lipinski definition) is 0. The summed E-state index contributed by atoms with van der Waals surface area (Å²) >= 11 is 0. The molecule has 0 saturated carbocycles. The van der Waals surface area contributed by atoms with Crippen LogP contribution in [0.25, 0.3) is 5.57 Å². The van der Waals surface area contributed by atoms with E-state index in [4.69, 9.17) is 9.47 Å². The Morgan fingerprint density at radius 3 is 2.88 bits per heavy atom. The maximum atomic E-state index is 12.1. The first kappa shape index (κ1) is 18.7. The van der Waals surface area contributed by atoms with Crippen LogP contribution >= 0.6 is 0 Å². The zero-order chi connectivity index (χ0) is 17.9. The SMILES string of the molecule is C=C(CCC(=O)/C=C/C1=C(C/C=C\C)OCCCO1)c1ccccn1. The predicted octanol–water partition coefficient (Wildman–Crippen LogP) is 4.62. The molecule has 0 aliphatic carbocycles. The molecule has 4 heteroatoms. The van der Waals surface area contributed by atoms with Crippen LogP contribution in [0.5, 0.6) is 0 Å². The largest absolute Gasteiger partial charge is 0.494 e. The molecule has 0 bridgehead atoms. The van der Waals surface area contributed by atoms with Crippen LogP contribution in [0.2, 0.25) is 0 Å². The number of ether oxygens (including phenoxy) is 2. The van der Waals surface area contributed by atoms with Crippen molar-refractivity contribution in [2.45, 2.75) is 32.6 Å². The van der Waals surface area contributed by atoms with Crippen LogP contribution in [0.4, 0.5) is 0 Å². The minimum absolute atomic E-state index is 0.0304. The van der Waals surface area contributed by atoms with E-state index in [-0.39, 0.29) is 5.78 Å². The molecule has 0 atom stereocenters. The average molecular weight is 339 g/mol. The minimum Gasteiger partial charge on any atom is -0.494 e. The van der Waals surface area contributed by atoms with E-state index in [9.17, 15) is 4.79 Å². The van der Waals surface area contributed by atoms with Gasteiger partial charge in [0.05, 0.1) is 18.9 Å². The third-order valence-corrected chi connectivity index (χ3v) is 3.76. The van der Waals surface area contributed by atoms with Gasteiger partial charge in [-0.25, -0.2) is 0 Å². The Hall–Kier alpha value is -2.62. The number of ketones is 1. The molecule has 132 valence electrons. The van der Waals surface area contributed by atoms with Gasteiger partial charge in [-0.2, -0.15) is 0 Å². The van der Waals surface area contributed by atoms with E-state index in [1.807, 2.05) is 37.3 Å². The lowest BCUT2D eigenvalue weighted by atomic mass is 10.1. The highest BCUT2D eigenvalue weighted by atomic mass is 16.5. The number of carbonyl (C=O) groups excluding carboxylic acids is 1. The van der Waals surface area contributed by atoms with Crippen molar-refractivity contribution >= 4 is 11.4 Å². The highest BCUT2D eigenvalue weighted by Crippen LogP contribution is 2.19. The van der Waals surface area contributed by atoms with E-state index in [2.05, 4.69) is 11.6 Å². The quantitative estimate of drug-likeness (QED) is 0.512. The van der Waals surface area contributed by atoms with E-state index in [0.29, 0.717) is 38.2 Å². The Morgan fingerprint density at radius 2 is 2.12 bits per heavy atom. The molecular weight excluding hydrogens is 314 g/mol. The van der Waals surface area contributed by atoms with Gasteiger partial charge in [-0.1, -0.05) is 24.8 Å². The Balaban J connectivity index is 1.93. The zero-order valence-electron chi connectivity index (χ0n) is 14.7. The topological polar surface area (TPSA) is 48.4 Å². The first-order valence-corrected chi connectivity index (χ1v) is 8.60. The van der Waals surface area contributed by atoms with Crippen LogP contribution in [-0.2, 0) is 14.3 Å². The second-order valence-corrected chi connectivity index (χ2v) is 5.73. The molecule has 0 fully saturated rings. The van der Waals surface area contributed by atoms with E-state index in [1.165, 1.54) is 0 Å². The van der Waals surface area contributed by atoms with Crippen molar-refractivity contribution in [3.05, 3.63) is 72.5 Å². The summed E-state index contributed by atoms with van der Waals surface area (Å²) in [4.78, 5) is 16.4. The minimum atomic E-state index is 0.0304. The molecule has 1 aliphatic rings. The summed E-state index contributed by atoms with van der Waals surface area (Å²) in [5.74, 6) is 1.45. The molecular formula is C21H25NO3. The van der Waals surface area contributed by atoms with Crippen molar-refractivity contribution in [2.75, 3.05) is 13.2 Å². The van der Waals surface area contributed by atoms with E-state index < -0.39 is 0 Å². The molecule has 0 unspecified atom stereocenters. The molecule has 4 nitrogen and oxygen atoms in total. The molecule has 0 saturated heterocycles. The van der Waals surface area contributed by atoms with Crippen LogP contribution in [-0.4, -0.2) is 24.0 Å². The van der Waals surface area contributed by atoms with Gasteiger partial charge in [-0.15, -0.1) is 0 Å². The molecule has 25 heavy (non-hydrogen) atoms. The highest BCUT2D eigenvalue weighted by molar-refractivity contribution is 5.91. The summed E-state index contributed by atoms with van der Waals surface area (Å²) in [6.45, 7) is 7.21. The molecule has 0 amide bonds. The fraction of sp³-hybridized carbons (Fsp3) is 0.333. The maximum Gasteiger partial charge on any atom is 0.157 e. The molecule has 2 rings (SSSR count). The van der Waals surface area contributed by atoms with Gasteiger partial charge in [0.1, 0.15) is 5.76 Å². The van der Waals surface area contributed by atoms with Crippen LogP contribution in [0.1, 0.15) is 38.3 Å². The molecule has 1 aliphatic heterocycles. The number of rotatable bonds is 8. The molecule has 2 heterocycles. The van der Waals surface area contributed by atoms with Gasteiger partial charge in [0.15, 0.2) is 11.5 Å². The monoisotopic (exact) mass is 339 g/mol. The van der Waals surface area contributed by atoms with E-state index in [1.54, 1.807) is 18.3 Å². The first-order valence-electron chi connectivity index (χ1n) is 8.60. The van der Waals surface area contributed by atoms with Crippen LogP contribution < -0.4 is 0 Å². The van der Waals surface area contributed by atoms with E-state index >= 15 is 0 Å². The van der Waals surface area contributed by atoms with Gasteiger partial charge in [-0.3, -0.25) is 9.78 Å². The normalized spacial score (nSPS) is 15.1. The summed E-state index contributed by atoms with van der Waals surface area (Å²) in [5, 5.41) is 0. The zero-order valence-corrected chi connectivity index (χ0v) is 14.7. The lowest BCUT2D eigenvalue weighted by molar-refractivity contribution is -0.114. The van der Waals surface area contributed by atoms with Crippen molar-refractivity contribution in [3.8, 4) is 0 Å². The van der Waals surface area contributed by atoms with Gasteiger partial charge in [0, 0.05) is 25.5 Å². The summed E-state index contributed by atoms with van der Waals surface area (Å²) in [7, 11) is 0. The predicted molar refractivity (Wildman–Crippen MR) is 99.6 cm³/mol. The molecule has 1 aromatic rings. The van der Waals surface area contributed by atoms with Gasteiger partial charge in [0.2, 0.25) is 0 Å². The van der Waals surface area contributed by atoms with Crippen LogP contribution in [0.3, 0.4) is 0 Å². The lowest BCUT2D eigenvalue weighted by Gasteiger charge is -2.08. The number of allylic oxidation sites excluding steroid dienone is 5. The number of carbonyl (C=O) groups is 1. The highest BCUT2D eigenvalue weighted by Gasteiger charge is 2.11. The summed E-state index contributed by atoms with van der Waals surface area (Å²) < 4.78 is 11.4. The fourth-order valence-corrected chi connectivity index (χ4v) is 2.34. The molecule has 0 aromatic carbocycles. The number of nitrogens with zero attached hydrogens (tertiary/aromatic N) is 1. The Bertz CT molecular complexity index is 672. The van der Waals surface area contributed by atoms with Gasteiger partial charge >= 0.3 is 0 Å². The Labute approximate surface area is 149 Å². The molecule has 0 N–H and O–H groups in total. The Morgan fingerprint density at radius 1 is 1.28 bits per heavy atom. The third-order valence-electron chi connectivity index (χ3n) is 3.76. The van der Waals surface area contributed by atoms with Crippen molar-refractivity contribution in [2.24, 2.45) is 0 Å². The van der Waals surface area contributed by atoms with Crippen molar-refractivity contribution in [1.82, 2.24) is 4.98 Å². The standard InChI is InChI=1S/C21H25NO3/c1-3-4-9-20-21(25-16-7-15-24-20)13-12-18(23)11-10-17(2)19-8-5-6-14-22-19/h3-6,8,12-14H,2,7,9-11,15-16H2,1H3/b4-3-,13-12+. The summed E-state index contributed by atoms with van der Waals surface area (Å²) in [5.41, 5.74) is 1.69. The molecule has 0 radical (unpaired) electrons. The van der Waals surface area contributed by atoms with Crippen LogP contribution in [0, 0.1) is 0 Å². The van der Waals surface area contributed by atoms with Crippen molar-refractivity contribution < 1.29 is 14.3 Å². The van der Waals surface area contributed by atoms with Gasteiger partial charge < -0.3 is 9.47 Å². The average Bonchev–Trinajstić information content (AvgIpc) is 2.88. The summed E-state index contributed by atoms with van der Waals surface area (Å²) in [6.07, 6.45) is 11.5. The second-order valence-electron chi connectivity index (χ2n) is 5.73. The number of aromatic nitrogens is 1. The van der Waals surface area contributed by atoms with Crippen molar-refractivity contribution in [1.29, 1.82) is 0 Å². The van der Waals surface area contributed by atoms with Crippen molar-refractivity contribution in [3.63, 3.8) is 0 Å². The molecule has 0 spiro atoms. The maximum absolute atomic E-state index is 12.1. The lowest BCUT2D eigenvalue weighted by Crippen LogP contribution is -1.98. The smallest absolute Gasteiger partial charge is 0.157 e. The summed E-state index contributed by atoms with van der Waals surface area (Å²) in [6, 6.07) is 5.67. The molecule has 1 aromatic heterocycles. The van der Waals surface area contributed by atoms with Crippen LogP contribution in [0.15, 0.2) is 66.8 Å². The van der Waals surface area contributed by atoms with Gasteiger partial charge in [0.25, 0.3) is 0 Å². The number of hydrogen-bond acceptors (Lipinski definition) is 4.